The zero-order valence-corrected chi connectivity index (χ0v) is 12.6. The summed E-state index contributed by atoms with van der Waals surface area (Å²) < 4.78 is 5.54. The third-order valence-corrected chi connectivity index (χ3v) is 3.28. The number of rotatable bonds is 6. The number of benzene rings is 1. The van der Waals surface area contributed by atoms with Crippen LogP contribution in [-0.4, -0.2) is 35.6 Å². The smallest absolute Gasteiger partial charge is 0.352 e. The van der Waals surface area contributed by atoms with Crippen LogP contribution in [-0.2, 0) is 6.42 Å². The molecule has 0 saturated carbocycles. The van der Waals surface area contributed by atoms with Crippen LogP contribution in [0.4, 0.5) is 0 Å². The quantitative estimate of drug-likeness (QED) is 0.761. The zero-order chi connectivity index (χ0) is 16.1. The van der Waals surface area contributed by atoms with Crippen molar-refractivity contribution in [1.29, 1.82) is 0 Å². The first kappa shape index (κ1) is 15.9. The molecule has 1 aromatic carbocycles. The number of hydrogen-bond donors (Lipinski definition) is 3. The molecule has 0 aliphatic carbocycles. The number of H-pyrrole nitrogens is 1. The summed E-state index contributed by atoms with van der Waals surface area (Å²) in [6.07, 6.45) is 0.609. The summed E-state index contributed by atoms with van der Waals surface area (Å²) in [5.74, 6) is -1.38. The monoisotopic (exact) mass is 322 g/mol. The van der Waals surface area contributed by atoms with Crippen LogP contribution in [0, 0.1) is 0 Å². The number of aromatic nitrogens is 1. The topological polar surface area (TPSA) is 91.4 Å². The van der Waals surface area contributed by atoms with Gasteiger partial charge in [0.1, 0.15) is 11.4 Å². The van der Waals surface area contributed by atoms with E-state index in [4.69, 9.17) is 21.4 Å². The SMILES string of the molecule is CNC(=O)c1[nH]c(C(=O)O)cc1OCCc1ccc(Cl)cc1. The molecule has 1 heterocycles. The summed E-state index contributed by atoms with van der Waals surface area (Å²) in [6.45, 7) is 0.308. The van der Waals surface area contributed by atoms with Crippen molar-refractivity contribution in [2.75, 3.05) is 13.7 Å². The molecule has 3 N–H and O–H groups in total. The molecule has 1 amide bonds. The minimum atomic E-state index is -1.15. The summed E-state index contributed by atoms with van der Waals surface area (Å²) in [5.41, 5.74) is 1.02. The fourth-order valence-corrected chi connectivity index (χ4v) is 2.01. The van der Waals surface area contributed by atoms with Crippen molar-refractivity contribution in [3.05, 3.63) is 52.3 Å². The molecule has 0 unspecified atom stereocenters. The molecule has 0 radical (unpaired) electrons. The van der Waals surface area contributed by atoms with Crippen molar-refractivity contribution in [3.8, 4) is 5.75 Å². The van der Waals surface area contributed by atoms with Crippen LogP contribution >= 0.6 is 11.6 Å². The second kappa shape index (κ2) is 7.00. The second-order valence-corrected chi connectivity index (χ2v) is 4.97. The number of ether oxygens (including phenoxy) is 1. The maximum Gasteiger partial charge on any atom is 0.352 e. The summed E-state index contributed by atoms with van der Waals surface area (Å²) in [5, 5.41) is 12.1. The van der Waals surface area contributed by atoms with Gasteiger partial charge in [0, 0.05) is 24.6 Å². The molecule has 6 nitrogen and oxygen atoms in total. The van der Waals surface area contributed by atoms with Gasteiger partial charge in [0.05, 0.1) is 6.61 Å². The number of carbonyl (C=O) groups is 2. The van der Waals surface area contributed by atoms with Gasteiger partial charge in [-0.05, 0) is 17.7 Å². The predicted molar refractivity (Wildman–Crippen MR) is 81.8 cm³/mol. The van der Waals surface area contributed by atoms with E-state index >= 15 is 0 Å². The van der Waals surface area contributed by atoms with Crippen LogP contribution in [0.25, 0.3) is 0 Å². The van der Waals surface area contributed by atoms with Gasteiger partial charge >= 0.3 is 5.97 Å². The third kappa shape index (κ3) is 3.79. The van der Waals surface area contributed by atoms with Gasteiger partial charge in [-0.3, -0.25) is 4.79 Å². The molecule has 0 fully saturated rings. The van der Waals surface area contributed by atoms with Crippen LogP contribution in [0.5, 0.6) is 5.75 Å². The first-order chi connectivity index (χ1) is 10.5. The highest BCUT2D eigenvalue weighted by Gasteiger charge is 2.18. The van der Waals surface area contributed by atoms with E-state index in [9.17, 15) is 9.59 Å². The van der Waals surface area contributed by atoms with Gasteiger partial charge in [-0.2, -0.15) is 0 Å². The maximum atomic E-state index is 11.7. The van der Waals surface area contributed by atoms with Gasteiger partial charge in [0.2, 0.25) is 0 Å². The first-order valence-corrected chi connectivity index (χ1v) is 6.94. The van der Waals surface area contributed by atoms with Crippen molar-refractivity contribution in [3.63, 3.8) is 0 Å². The lowest BCUT2D eigenvalue weighted by Crippen LogP contribution is -2.19. The predicted octanol–water partition coefficient (Wildman–Crippen LogP) is 2.35. The van der Waals surface area contributed by atoms with E-state index in [-0.39, 0.29) is 17.1 Å². The Morgan fingerprint density at radius 2 is 2.00 bits per heavy atom. The molecule has 2 aromatic rings. The van der Waals surface area contributed by atoms with Crippen molar-refractivity contribution in [2.45, 2.75) is 6.42 Å². The molecule has 0 bridgehead atoms. The van der Waals surface area contributed by atoms with Crippen molar-refractivity contribution >= 4 is 23.5 Å². The Morgan fingerprint density at radius 3 is 2.59 bits per heavy atom. The van der Waals surface area contributed by atoms with E-state index < -0.39 is 11.9 Å². The molecular weight excluding hydrogens is 308 g/mol. The maximum absolute atomic E-state index is 11.7. The van der Waals surface area contributed by atoms with E-state index in [1.807, 2.05) is 12.1 Å². The number of carboxylic acid groups (broad SMARTS) is 1. The van der Waals surface area contributed by atoms with E-state index in [0.717, 1.165) is 5.56 Å². The molecular formula is C15H15ClN2O4. The summed E-state index contributed by atoms with van der Waals surface area (Å²) >= 11 is 5.81. The molecule has 116 valence electrons. The van der Waals surface area contributed by atoms with E-state index in [2.05, 4.69) is 10.3 Å². The number of carbonyl (C=O) groups excluding carboxylic acids is 1. The van der Waals surface area contributed by atoms with Gasteiger partial charge in [-0.15, -0.1) is 0 Å². The lowest BCUT2D eigenvalue weighted by Gasteiger charge is -2.06. The molecule has 7 heteroatoms. The van der Waals surface area contributed by atoms with Gasteiger partial charge in [-0.1, -0.05) is 23.7 Å². The highest BCUT2D eigenvalue weighted by Crippen LogP contribution is 2.20. The lowest BCUT2D eigenvalue weighted by atomic mass is 10.2. The van der Waals surface area contributed by atoms with Crippen LogP contribution < -0.4 is 10.1 Å². The van der Waals surface area contributed by atoms with Crippen LogP contribution in [0.2, 0.25) is 5.02 Å². The average Bonchev–Trinajstić information content (AvgIpc) is 2.93. The number of halogens is 1. The van der Waals surface area contributed by atoms with Gasteiger partial charge in [-0.25, -0.2) is 4.79 Å². The number of amides is 1. The van der Waals surface area contributed by atoms with Gasteiger partial charge in [0.25, 0.3) is 5.91 Å². The molecule has 0 aliphatic heterocycles. The minimum Gasteiger partial charge on any atom is -0.491 e. The average molecular weight is 323 g/mol. The fraction of sp³-hybridized carbons (Fsp3) is 0.200. The van der Waals surface area contributed by atoms with Crippen LogP contribution in [0.1, 0.15) is 26.5 Å². The third-order valence-electron chi connectivity index (χ3n) is 3.03. The van der Waals surface area contributed by atoms with E-state index in [1.165, 1.54) is 13.1 Å². The van der Waals surface area contributed by atoms with Crippen LogP contribution in [0.3, 0.4) is 0 Å². The van der Waals surface area contributed by atoms with Crippen molar-refractivity contribution in [2.24, 2.45) is 0 Å². The Hall–Kier alpha value is -2.47. The Morgan fingerprint density at radius 1 is 1.32 bits per heavy atom. The highest BCUT2D eigenvalue weighted by molar-refractivity contribution is 6.30. The van der Waals surface area contributed by atoms with E-state index in [0.29, 0.717) is 18.1 Å². The number of nitrogens with one attached hydrogen (secondary N) is 2. The molecule has 22 heavy (non-hydrogen) atoms. The van der Waals surface area contributed by atoms with Gasteiger partial charge < -0.3 is 20.1 Å². The molecule has 0 atom stereocenters. The Kier molecular flexibility index (Phi) is 5.06. The van der Waals surface area contributed by atoms with Crippen molar-refractivity contribution < 1.29 is 19.4 Å². The highest BCUT2D eigenvalue weighted by atomic mass is 35.5. The molecule has 0 spiro atoms. The normalized spacial score (nSPS) is 10.3. The zero-order valence-electron chi connectivity index (χ0n) is 11.9. The molecule has 1 aromatic heterocycles. The lowest BCUT2D eigenvalue weighted by molar-refractivity contribution is 0.0691. The Balaban J connectivity index is 2.06. The van der Waals surface area contributed by atoms with Crippen molar-refractivity contribution in [1.82, 2.24) is 10.3 Å². The van der Waals surface area contributed by atoms with Gasteiger partial charge in [0.15, 0.2) is 5.75 Å². The first-order valence-electron chi connectivity index (χ1n) is 6.57. The largest absolute Gasteiger partial charge is 0.491 e. The number of hydrogen-bond acceptors (Lipinski definition) is 3. The number of carboxylic acids is 1. The Labute approximate surface area is 132 Å². The van der Waals surface area contributed by atoms with Crippen LogP contribution in [0.15, 0.2) is 30.3 Å². The molecule has 0 saturated heterocycles. The summed E-state index contributed by atoms with van der Waals surface area (Å²) in [4.78, 5) is 25.2. The Bertz CT molecular complexity index is 679. The minimum absolute atomic E-state index is 0.0935. The number of aromatic carboxylic acids is 1. The molecule has 2 rings (SSSR count). The fourth-order valence-electron chi connectivity index (χ4n) is 1.89. The number of aromatic amines is 1. The standard InChI is InChI=1S/C15H15ClN2O4/c1-17-14(19)13-12(8-11(18-13)15(20)21)22-7-6-9-2-4-10(16)5-3-9/h2-5,8,18H,6-7H2,1H3,(H,17,19)(H,20,21). The second-order valence-electron chi connectivity index (χ2n) is 4.53. The summed E-state index contributed by atoms with van der Waals surface area (Å²) in [6, 6.07) is 8.63. The summed E-state index contributed by atoms with van der Waals surface area (Å²) in [7, 11) is 1.46. The molecule has 0 aliphatic rings. The van der Waals surface area contributed by atoms with E-state index in [1.54, 1.807) is 12.1 Å².